The van der Waals surface area contributed by atoms with Gasteiger partial charge in [-0.2, -0.15) is 4.31 Å². The molecule has 0 aliphatic carbocycles. The van der Waals surface area contributed by atoms with Gasteiger partial charge in [-0.1, -0.05) is 13.8 Å². The molecule has 0 amide bonds. The molecule has 0 spiro atoms. The average Bonchev–Trinajstić information content (AvgIpc) is 3.08. The molecule has 6 heteroatoms. The van der Waals surface area contributed by atoms with Crippen LogP contribution in [0.1, 0.15) is 45.3 Å². The third kappa shape index (κ3) is 3.24. The van der Waals surface area contributed by atoms with E-state index in [0.29, 0.717) is 18.8 Å². The normalized spacial score (nSPS) is 20.6. The van der Waals surface area contributed by atoms with E-state index in [4.69, 9.17) is 4.42 Å². The second kappa shape index (κ2) is 6.74. The molecule has 1 N–H and O–H groups in total. The van der Waals surface area contributed by atoms with Crippen LogP contribution < -0.4 is 5.32 Å². The Hall–Kier alpha value is -0.850. The minimum Gasteiger partial charge on any atom is -0.447 e. The van der Waals surface area contributed by atoms with Crippen LogP contribution in [0.2, 0.25) is 0 Å². The summed E-state index contributed by atoms with van der Waals surface area (Å²) in [7, 11) is -3.47. The van der Waals surface area contributed by atoms with Crippen LogP contribution in [-0.2, 0) is 16.6 Å². The van der Waals surface area contributed by atoms with E-state index in [-0.39, 0.29) is 11.1 Å². The number of nitrogens with zero attached hydrogens (tertiary/aromatic N) is 1. The van der Waals surface area contributed by atoms with Gasteiger partial charge in [0.2, 0.25) is 5.09 Å². The molecule has 5 nitrogen and oxygen atoms in total. The lowest BCUT2D eigenvalue weighted by Crippen LogP contribution is -2.34. The van der Waals surface area contributed by atoms with Crippen molar-refractivity contribution in [3.05, 3.63) is 17.9 Å². The van der Waals surface area contributed by atoms with Gasteiger partial charge >= 0.3 is 0 Å². The van der Waals surface area contributed by atoms with Crippen molar-refractivity contribution in [1.29, 1.82) is 0 Å². The topological polar surface area (TPSA) is 62.6 Å². The van der Waals surface area contributed by atoms with Crippen molar-refractivity contribution in [3.63, 3.8) is 0 Å². The summed E-state index contributed by atoms with van der Waals surface area (Å²) < 4.78 is 32.2. The van der Waals surface area contributed by atoms with Gasteiger partial charge in [0.15, 0.2) is 0 Å². The largest absolute Gasteiger partial charge is 0.447 e. The van der Waals surface area contributed by atoms with E-state index in [1.807, 2.05) is 6.92 Å². The number of rotatable bonds is 7. The Morgan fingerprint density at radius 3 is 2.90 bits per heavy atom. The Balaban J connectivity index is 2.09. The van der Waals surface area contributed by atoms with E-state index in [2.05, 4.69) is 12.2 Å². The van der Waals surface area contributed by atoms with Gasteiger partial charge in [0.1, 0.15) is 5.76 Å². The van der Waals surface area contributed by atoms with Crippen LogP contribution >= 0.6 is 0 Å². The molecule has 1 aromatic heterocycles. The first kappa shape index (κ1) is 15.5. The Labute approximate surface area is 121 Å². The fraction of sp³-hybridized carbons (Fsp3) is 0.714. The van der Waals surface area contributed by atoms with Gasteiger partial charge in [-0.15, -0.1) is 0 Å². The van der Waals surface area contributed by atoms with Gasteiger partial charge in [0.05, 0.1) is 6.54 Å². The maximum Gasteiger partial charge on any atom is 0.276 e. The predicted octanol–water partition coefficient (Wildman–Crippen LogP) is 2.34. The zero-order chi connectivity index (χ0) is 14.6. The summed E-state index contributed by atoms with van der Waals surface area (Å²) in [6.45, 7) is 6.18. The number of furan rings is 1. The summed E-state index contributed by atoms with van der Waals surface area (Å²) in [6.07, 6.45) is 3.77. The molecule has 1 aliphatic heterocycles. The smallest absolute Gasteiger partial charge is 0.276 e. The van der Waals surface area contributed by atoms with Crippen molar-refractivity contribution in [1.82, 2.24) is 9.62 Å². The summed E-state index contributed by atoms with van der Waals surface area (Å²) in [5.74, 6) is 0.671. The fourth-order valence-electron chi connectivity index (χ4n) is 2.63. The van der Waals surface area contributed by atoms with Gasteiger partial charge in [-0.3, -0.25) is 0 Å². The van der Waals surface area contributed by atoms with Crippen molar-refractivity contribution < 1.29 is 12.8 Å². The average molecular weight is 300 g/mol. The standard InChI is InChI=1S/C14H24N2O3S/c1-3-9-15-11-13-7-8-14(19-13)20(17,18)16-10-5-6-12(16)4-2/h7-8,12,15H,3-6,9-11H2,1-2H3. The summed E-state index contributed by atoms with van der Waals surface area (Å²) in [5.41, 5.74) is 0. The first-order chi connectivity index (χ1) is 9.59. The van der Waals surface area contributed by atoms with E-state index >= 15 is 0 Å². The number of nitrogens with one attached hydrogen (secondary N) is 1. The Morgan fingerprint density at radius 2 is 2.20 bits per heavy atom. The lowest BCUT2D eigenvalue weighted by atomic mass is 10.2. The van der Waals surface area contributed by atoms with Crippen molar-refractivity contribution in [3.8, 4) is 0 Å². The highest BCUT2D eigenvalue weighted by molar-refractivity contribution is 7.89. The van der Waals surface area contributed by atoms with Crippen LogP contribution in [0.4, 0.5) is 0 Å². The molecule has 2 heterocycles. The molecule has 0 radical (unpaired) electrons. The van der Waals surface area contributed by atoms with Gasteiger partial charge in [0.25, 0.3) is 10.0 Å². The van der Waals surface area contributed by atoms with Gasteiger partial charge in [-0.05, 0) is 44.4 Å². The van der Waals surface area contributed by atoms with E-state index in [1.165, 1.54) is 0 Å². The third-order valence-electron chi connectivity index (χ3n) is 3.72. The molecule has 1 fully saturated rings. The SMILES string of the molecule is CCCNCc1ccc(S(=O)(=O)N2CCCC2CC)o1. The first-order valence-electron chi connectivity index (χ1n) is 7.40. The Kier molecular flexibility index (Phi) is 5.23. The zero-order valence-electron chi connectivity index (χ0n) is 12.3. The van der Waals surface area contributed by atoms with Crippen molar-refractivity contribution >= 4 is 10.0 Å². The minimum atomic E-state index is -3.47. The molecule has 0 saturated carbocycles. The van der Waals surface area contributed by atoms with Crippen LogP contribution in [0.15, 0.2) is 21.6 Å². The van der Waals surface area contributed by atoms with Crippen molar-refractivity contribution in [2.24, 2.45) is 0 Å². The van der Waals surface area contributed by atoms with Gasteiger partial charge in [-0.25, -0.2) is 8.42 Å². The summed E-state index contributed by atoms with van der Waals surface area (Å²) in [4.78, 5) is 0. The highest BCUT2D eigenvalue weighted by Crippen LogP contribution is 2.28. The molecule has 1 aromatic rings. The highest BCUT2D eigenvalue weighted by atomic mass is 32.2. The monoisotopic (exact) mass is 300 g/mol. The minimum absolute atomic E-state index is 0.0751. The Bertz CT molecular complexity index is 524. The fourth-order valence-corrected chi connectivity index (χ4v) is 4.33. The van der Waals surface area contributed by atoms with Crippen LogP contribution in [0.5, 0.6) is 0 Å². The van der Waals surface area contributed by atoms with Crippen molar-refractivity contribution in [2.75, 3.05) is 13.1 Å². The highest BCUT2D eigenvalue weighted by Gasteiger charge is 2.36. The quantitative estimate of drug-likeness (QED) is 0.785. The molecule has 1 unspecified atom stereocenters. The lowest BCUT2D eigenvalue weighted by molar-refractivity contribution is 0.347. The number of sulfonamides is 1. The number of hydrogen-bond donors (Lipinski definition) is 1. The molecular formula is C14H24N2O3S. The molecular weight excluding hydrogens is 276 g/mol. The number of hydrogen-bond acceptors (Lipinski definition) is 4. The van der Waals surface area contributed by atoms with E-state index in [0.717, 1.165) is 32.2 Å². The summed E-state index contributed by atoms with van der Waals surface area (Å²) in [6, 6.07) is 3.43. The maximum atomic E-state index is 12.6. The van der Waals surface area contributed by atoms with Crippen LogP contribution in [0, 0.1) is 0 Å². The van der Waals surface area contributed by atoms with Gasteiger partial charge in [0, 0.05) is 12.6 Å². The van der Waals surface area contributed by atoms with Crippen molar-refractivity contribution in [2.45, 2.75) is 57.2 Å². The second-order valence-electron chi connectivity index (χ2n) is 5.22. The van der Waals surface area contributed by atoms with E-state index in [1.54, 1.807) is 16.4 Å². The molecule has 1 atom stereocenters. The van der Waals surface area contributed by atoms with E-state index < -0.39 is 10.0 Å². The maximum absolute atomic E-state index is 12.6. The molecule has 114 valence electrons. The lowest BCUT2D eigenvalue weighted by Gasteiger charge is -2.21. The third-order valence-corrected chi connectivity index (χ3v) is 5.55. The van der Waals surface area contributed by atoms with E-state index in [9.17, 15) is 8.42 Å². The van der Waals surface area contributed by atoms with Crippen LogP contribution in [-0.4, -0.2) is 31.9 Å². The Morgan fingerprint density at radius 1 is 1.40 bits per heavy atom. The van der Waals surface area contributed by atoms with Gasteiger partial charge < -0.3 is 9.73 Å². The van der Waals surface area contributed by atoms with Crippen LogP contribution in [0.3, 0.4) is 0 Å². The first-order valence-corrected chi connectivity index (χ1v) is 8.84. The predicted molar refractivity (Wildman–Crippen MR) is 77.9 cm³/mol. The molecule has 1 aliphatic rings. The molecule has 0 aromatic carbocycles. The zero-order valence-corrected chi connectivity index (χ0v) is 13.1. The summed E-state index contributed by atoms with van der Waals surface area (Å²) in [5, 5.41) is 3.28. The molecule has 0 bridgehead atoms. The molecule has 1 saturated heterocycles. The molecule has 20 heavy (non-hydrogen) atoms. The summed E-state index contributed by atoms with van der Waals surface area (Å²) >= 11 is 0. The second-order valence-corrected chi connectivity index (χ2v) is 7.04. The molecule has 2 rings (SSSR count). The van der Waals surface area contributed by atoms with Crippen LogP contribution in [0.25, 0.3) is 0 Å².